The van der Waals surface area contributed by atoms with Gasteiger partial charge in [-0.05, 0) is 55.4 Å². The molecule has 2 aromatic rings. The first-order valence-electron chi connectivity index (χ1n) is 8.70. The largest absolute Gasteiger partial charge is 0.507 e. The molecule has 7 heteroatoms. The lowest BCUT2D eigenvalue weighted by Crippen LogP contribution is -2.21. The highest BCUT2D eigenvalue weighted by Crippen LogP contribution is 2.39. The lowest BCUT2D eigenvalue weighted by Gasteiger charge is -2.17. The molecule has 0 saturated heterocycles. The zero-order chi connectivity index (χ0) is 19.6. The van der Waals surface area contributed by atoms with Crippen molar-refractivity contribution in [2.75, 3.05) is 11.9 Å². The first-order chi connectivity index (χ1) is 12.9. The standard InChI is InChI=1S/C20H20N2O4S/c1-11-4-6-14(16(23)7-11)20(25)26-10-18(24)22-19-15(9-21)13-5-3-12(2)8-17(13)27-19/h4,6-7,12,23H,3,5,8,10H2,1-2H3,(H,22,24)/t12-/m0/s1. The van der Waals surface area contributed by atoms with Crippen LogP contribution < -0.4 is 5.32 Å². The molecule has 3 rings (SSSR count). The van der Waals surface area contributed by atoms with Gasteiger partial charge in [0, 0.05) is 4.88 Å². The summed E-state index contributed by atoms with van der Waals surface area (Å²) in [5, 5.41) is 22.5. The van der Waals surface area contributed by atoms with E-state index in [0.717, 1.165) is 35.3 Å². The second kappa shape index (κ2) is 7.80. The Morgan fingerprint density at radius 1 is 1.44 bits per heavy atom. The molecule has 1 amide bonds. The third kappa shape index (κ3) is 4.12. The highest BCUT2D eigenvalue weighted by molar-refractivity contribution is 7.16. The van der Waals surface area contributed by atoms with E-state index in [2.05, 4.69) is 18.3 Å². The summed E-state index contributed by atoms with van der Waals surface area (Å²) in [5.74, 6) is -0.915. The van der Waals surface area contributed by atoms with Gasteiger partial charge in [0.15, 0.2) is 6.61 Å². The molecular weight excluding hydrogens is 364 g/mol. The number of fused-ring (bicyclic) bond motifs is 1. The number of anilines is 1. The van der Waals surface area contributed by atoms with Gasteiger partial charge >= 0.3 is 5.97 Å². The van der Waals surface area contributed by atoms with E-state index in [1.807, 2.05) is 0 Å². The molecule has 140 valence electrons. The summed E-state index contributed by atoms with van der Waals surface area (Å²) < 4.78 is 4.99. The van der Waals surface area contributed by atoms with Crippen molar-refractivity contribution in [3.63, 3.8) is 0 Å². The van der Waals surface area contributed by atoms with Crippen molar-refractivity contribution in [1.82, 2.24) is 0 Å². The molecule has 2 N–H and O–H groups in total. The Morgan fingerprint density at radius 3 is 2.93 bits per heavy atom. The Bertz CT molecular complexity index is 942. The summed E-state index contributed by atoms with van der Waals surface area (Å²) in [6, 6.07) is 6.76. The second-order valence-corrected chi connectivity index (χ2v) is 7.92. The predicted octanol–water partition coefficient (Wildman–Crippen LogP) is 3.55. The van der Waals surface area contributed by atoms with Gasteiger partial charge in [-0.1, -0.05) is 13.0 Å². The van der Waals surface area contributed by atoms with Crippen molar-refractivity contribution in [3.05, 3.63) is 45.3 Å². The summed E-state index contributed by atoms with van der Waals surface area (Å²) in [7, 11) is 0. The predicted molar refractivity (Wildman–Crippen MR) is 102 cm³/mol. The number of benzene rings is 1. The molecule has 1 aliphatic carbocycles. The van der Waals surface area contributed by atoms with Crippen LogP contribution in [0.4, 0.5) is 5.00 Å². The number of nitrogens with one attached hydrogen (secondary N) is 1. The number of phenolic OH excluding ortho intramolecular Hbond substituents is 1. The number of nitriles is 1. The molecule has 0 aliphatic heterocycles. The third-order valence-corrected chi connectivity index (χ3v) is 5.75. The molecule has 1 atom stereocenters. The average Bonchev–Trinajstić information content (AvgIpc) is 2.95. The number of nitrogens with zero attached hydrogens (tertiary/aromatic N) is 1. The van der Waals surface area contributed by atoms with Gasteiger partial charge in [-0.2, -0.15) is 5.26 Å². The number of ether oxygens (including phenoxy) is 1. The maximum atomic E-state index is 12.2. The van der Waals surface area contributed by atoms with Crippen molar-refractivity contribution in [2.45, 2.75) is 33.1 Å². The molecule has 1 aliphatic rings. The van der Waals surface area contributed by atoms with E-state index >= 15 is 0 Å². The normalized spacial score (nSPS) is 15.5. The Morgan fingerprint density at radius 2 is 2.22 bits per heavy atom. The van der Waals surface area contributed by atoms with Gasteiger partial charge < -0.3 is 15.2 Å². The number of hydrogen-bond acceptors (Lipinski definition) is 6. The first kappa shape index (κ1) is 18.9. The second-order valence-electron chi connectivity index (χ2n) is 6.81. The van der Waals surface area contributed by atoms with Gasteiger partial charge in [0.25, 0.3) is 5.91 Å². The lowest BCUT2D eigenvalue weighted by atomic mass is 9.89. The van der Waals surface area contributed by atoms with E-state index in [4.69, 9.17) is 4.74 Å². The molecule has 0 bridgehead atoms. The number of thiophene rings is 1. The summed E-state index contributed by atoms with van der Waals surface area (Å²) in [6.45, 7) is 3.47. The van der Waals surface area contributed by atoms with Gasteiger partial charge in [0.2, 0.25) is 0 Å². The van der Waals surface area contributed by atoms with Crippen LogP contribution in [0.3, 0.4) is 0 Å². The summed E-state index contributed by atoms with van der Waals surface area (Å²) in [5.41, 5.74) is 2.35. The van der Waals surface area contributed by atoms with Crippen molar-refractivity contribution in [2.24, 2.45) is 5.92 Å². The van der Waals surface area contributed by atoms with Crippen LogP contribution in [-0.4, -0.2) is 23.6 Å². The van der Waals surface area contributed by atoms with Gasteiger partial charge in [0.05, 0.1) is 5.56 Å². The van der Waals surface area contributed by atoms with Gasteiger partial charge in [0.1, 0.15) is 22.4 Å². The molecule has 27 heavy (non-hydrogen) atoms. The third-order valence-electron chi connectivity index (χ3n) is 4.58. The molecule has 0 radical (unpaired) electrons. The molecule has 0 spiro atoms. The molecule has 0 fully saturated rings. The van der Waals surface area contributed by atoms with Crippen LogP contribution in [-0.2, 0) is 22.4 Å². The molecule has 0 saturated carbocycles. The van der Waals surface area contributed by atoms with Crippen molar-refractivity contribution in [1.29, 1.82) is 5.26 Å². The van der Waals surface area contributed by atoms with Crippen LogP contribution >= 0.6 is 11.3 Å². The maximum absolute atomic E-state index is 12.2. The topological polar surface area (TPSA) is 99.4 Å². The minimum Gasteiger partial charge on any atom is -0.507 e. The minimum atomic E-state index is -0.776. The minimum absolute atomic E-state index is 0.00619. The Kier molecular flexibility index (Phi) is 5.47. The van der Waals surface area contributed by atoms with E-state index in [0.29, 0.717) is 16.5 Å². The lowest BCUT2D eigenvalue weighted by molar-refractivity contribution is -0.119. The number of amides is 1. The van der Waals surface area contributed by atoms with Gasteiger partial charge in [-0.25, -0.2) is 4.79 Å². The van der Waals surface area contributed by atoms with E-state index in [9.17, 15) is 20.0 Å². The number of phenols is 1. The van der Waals surface area contributed by atoms with Gasteiger partial charge in [-0.3, -0.25) is 4.79 Å². The van der Waals surface area contributed by atoms with E-state index in [1.54, 1.807) is 13.0 Å². The fraction of sp³-hybridized carbons (Fsp3) is 0.350. The molecule has 1 aromatic carbocycles. The fourth-order valence-electron chi connectivity index (χ4n) is 3.14. The van der Waals surface area contributed by atoms with Crippen LogP contribution in [0.2, 0.25) is 0 Å². The van der Waals surface area contributed by atoms with Crippen LogP contribution in [0.25, 0.3) is 0 Å². The SMILES string of the molecule is Cc1ccc(C(=O)OCC(=O)Nc2sc3c(c2C#N)CC[C@H](C)C3)c(O)c1. The molecule has 6 nitrogen and oxygen atoms in total. The molecular formula is C20H20N2O4S. The fourth-order valence-corrected chi connectivity index (χ4v) is 4.52. The van der Waals surface area contributed by atoms with Crippen LogP contribution in [0, 0.1) is 24.2 Å². The number of carbonyl (C=O) groups is 2. The summed E-state index contributed by atoms with van der Waals surface area (Å²) in [4.78, 5) is 25.4. The number of aryl methyl sites for hydroxylation is 1. The van der Waals surface area contributed by atoms with Crippen LogP contribution in [0.15, 0.2) is 18.2 Å². The van der Waals surface area contributed by atoms with E-state index in [1.165, 1.54) is 23.5 Å². The highest BCUT2D eigenvalue weighted by Gasteiger charge is 2.25. The van der Waals surface area contributed by atoms with Crippen molar-refractivity contribution < 1.29 is 19.4 Å². The van der Waals surface area contributed by atoms with Gasteiger partial charge in [-0.15, -0.1) is 11.3 Å². The smallest absolute Gasteiger partial charge is 0.342 e. The quantitative estimate of drug-likeness (QED) is 0.785. The Balaban J connectivity index is 1.65. The Labute approximate surface area is 161 Å². The number of carbonyl (C=O) groups excluding carboxylic acids is 2. The van der Waals surface area contributed by atoms with Crippen LogP contribution in [0.5, 0.6) is 5.75 Å². The van der Waals surface area contributed by atoms with Crippen molar-refractivity contribution >= 4 is 28.2 Å². The number of hydrogen-bond donors (Lipinski definition) is 2. The highest BCUT2D eigenvalue weighted by atomic mass is 32.1. The summed E-state index contributed by atoms with van der Waals surface area (Å²) in [6.07, 6.45) is 2.78. The monoisotopic (exact) mass is 384 g/mol. The molecule has 1 aromatic heterocycles. The number of rotatable bonds is 4. The van der Waals surface area contributed by atoms with E-state index < -0.39 is 18.5 Å². The van der Waals surface area contributed by atoms with Crippen molar-refractivity contribution in [3.8, 4) is 11.8 Å². The van der Waals surface area contributed by atoms with E-state index in [-0.39, 0.29) is 11.3 Å². The first-order valence-corrected chi connectivity index (χ1v) is 9.52. The number of aromatic hydroxyl groups is 1. The number of esters is 1. The summed E-state index contributed by atoms with van der Waals surface area (Å²) >= 11 is 1.42. The average molecular weight is 384 g/mol. The Hall–Kier alpha value is -2.85. The van der Waals surface area contributed by atoms with Crippen LogP contribution in [0.1, 0.15) is 45.3 Å². The zero-order valence-electron chi connectivity index (χ0n) is 15.2. The molecule has 0 unspecified atom stereocenters. The zero-order valence-corrected chi connectivity index (χ0v) is 16.0. The maximum Gasteiger partial charge on any atom is 0.342 e. The molecule has 1 heterocycles.